The zero-order valence-electron chi connectivity index (χ0n) is 15.5. The Bertz CT molecular complexity index is 787. The van der Waals surface area contributed by atoms with E-state index in [1.807, 2.05) is 37.3 Å². The highest BCUT2D eigenvalue weighted by Crippen LogP contribution is 2.24. The molecule has 1 atom stereocenters. The Morgan fingerprint density at radius 2 is 1.78 bits per heavy atom. The molecule has 2 aromatic rings. The highest BCUT2D eigenvalue weighted by atomic mass is 16.5. The third-order valence-corrected chi connectivity index (χ3v) is 4.64. The van der Waals surface area contributed by atoms with Crippen molar-refractivity contribution in [1.29, 1.82) is 0 Å². The van der Waals surface area contributed by atoms with Crippen LogP contribution in [0.2, 0.25) is 0 Å². The van der Waals surface area contributed by atoms with E-state index in [9.17, 15) is 9.59 Å². The second kappa shape index (κ2) is 9.19. The molecule has 142 valence electrons. The number of benzene rings is 2. The molecule has 3 amide bonds. The Hall–Kier alpha value is -2.86. The van der Waals surface area contributed by atoms with Crippen LogP contribution in [0.4, 0.5) is 16.2 Å². The van der Waals surface area contributed by atoms with Crippen molar-refractivity contribution >= 4 is 23.3 Å². The molecular formula is C21H25N3O3. The average molecular weight is 367 g/mol. The number of ether oxygens (including phenoxy) is 1. The van der Waals surface area contributed by atoms with Crippen molar-refractivity contribution in [1.82, 2.24) is 5.32 Å². The molecule has 1 aliphatic rings. The third-order valence-electron chi connectivity index (χ3n) is 4.64. The van der Waals surface area contributed by atoms with Gasteiger partial charge in [-0.1, -0.05) is 24.3 Å². The van der Waals surface area contributed by atoms with Gasteiger partial charge in [0.2, 0.25) is 0 Å². The lowest BCUT2D eigenvalue weighted by molar-refractivity contribution is 0.102. The summed E-state index contributed by atoms with van der Waals surface area (Å²) in [4.78, 5) is 24.5. The fourth-order valence-corrected chi connectivity index (χ4v) is 3.08. The van der Waals surface area contributed by atoms with Crippen LogP contribution in [0.15, 0.2) is 48.5 Å². The molecule has 6 heteroatoms. The van der Waals surface area contributed by atoms with Crippen molar-refractivity contribution in [2.75, 3.05) is 23.8 Å². The molecule has 27 heavy (non-hydrogen) atoms. The lowest BCUT2D eigenvalue weighted by atomic mass is 10.1. The average Bonchev–Trinajstić information content (AvgIpc) is 3.19. The highest BCUT2D eigenvalue weighted by Gasteiger charge is 2.15. The fourth-order valence-electron chi connectivity index (χ4n) is 3.08. The van der Waals surface area contributed by atoms with E-state index in [4.69, 9.17) is 4.74 Å². The smallest absolute Gasteiger partial charge is 0.319 e. The largest absolute Gasteiger partial charge is 0.378 e. The van der Waals surface area contributed by atoms with Crippen LogP contribution in [0, 0.1) is 6.92 Å². The van der Waals surface area contributed by atoms with Gasteiger partial charge in [-0.05, 0) is 56.0 Å². The van der Waals surface area contributed by atoms with Crippen LogP contribution in [0.1, 0.15) is 35.2 Å². The van der Waals surface area contributed by atoms with Crippen molar-refractivity contribution in [2.24, 2.45) is 0 Å². The summed E-state index contributed by atoms with van der Waals surface area (Å²) in [5.74, 6) is -0.183. The maximum absolute atomic E-state index is 12.3. The number of urea groups is 1. The Morgan fingerprint density at radius 1 is 1.04 bits per heavy atom. The summed E-state index contributed by atoms with van der Waals surface area (Å²) in [5, 5.41) is 8.59. The second-order valence-corrected chi connectivity index (χ2v) is 6.60. The number of anilines is 2. The van der Waals surface area contributed by atoms with Crippen molar-refractivity contribution < 1.29 is 14.3 Å². The number of amides is 3. The zero-order chi connectivity index (χ0) is 19.1. The molecule has 3 N–H and O–H groups in total. The maximum Gasteiger partial charge on any atom is 0.319 e. The van der Waals surface area contributed by atoms with Gasteiger partial charge in [0.25, 0.3) is 5.91 Å². The molecule has 1 saturated heterocycles. The molecule has 1 aliphatic heterocycles. The molecule has 2 aromatic carbocycles. The lowest BCUT2D eigenvalue weighted by Crippen LogP contribution is -2.31. The van der Waals surface area contributed by atoms with E-state index < -0.39 is 0 Å². The summed E-state index contributed by atoms with van der Waals surface area (Å²) in [7, 11) is 0. The van der Waals surface area contributed by atoms with Crippen molar-refractivity contribution in [3.8, 4) is 0 Å². The van der Waals surface area contributed by atoms with Gasteiger partial charge >= 0.3 is 6.03 Å². The van der Waals surface area contributed by atoms with E-state index in [-0.39, 0.29) is 18.0 Å². The topological polar surface area (TPSA) is 79.5 Å². The number of rotatable bonds is 6. The second-order valence-electron chi connectivity index (χ2n) is 6.60. The first-order chi connectivity index (χ1) is 13.1. The van der Waals surface area contributed by atoms with Gasteiger partial charge in [0, 0.05) is 30.1 Å². The summed E-state index contributed by atoms with van der Waals surface area (Å²) >= 11 is 0. The van der Waals surface area contributed by atoms with Crippen LogP contribution in [-0.2, 0) is 4.74 Å². The lowest BCUT2D eigenvalue weighted by Gasteiger charge is -2.15. The van der Waals surface area contributed by atoms with Crippen LogP contribution in [-0.4, -0.2) is 31.2 Å². The predicted molar refractivity (Wildman–Crippen MR) is 106 cm³/mol. The first-order valence-electron chi connectivity index (χ1n) is 9.26. The third kappa shape index (κ3) is 5.31. The van der Waals surface area contributed by atoms with E-state index >= 15 is 0 Å². The van der Waals surface area contributed by atoms with Crippen LogP contribution >= 0.6 is 0 Å². The molecule has 0 spiro atoms. The Kier molecular flexibility index (Phi) is 6.44. The highest BCUT2D eigenvalue weighted by molar-refractivity contribution is 6.05. The zero-order valence-corrected chi connectivity index (χ0v) is 15.5. The number of carbonyl (C=O) groups is 2. The van der Waals surface area contributed by atoms with Gasteiger partial charge in [0.1, 0.15) is 0 Å². The normalized spacial score (nSPS) is 16.0. The van der Waals surface area contributed by atoms with E-state index in [1.54, 1.807) is 18.2 Å². The molecule has 6 nitrogen and oxygen atoms in total. The molecule has 0 radical (unpaired) electrons. The van der Waals surface area contributed by atoms with Gasteiger partial charge in [-0.25, -0.2) is 4.79 Å². The minimum atomic E-state index is -0.261. The van der Waals surface area contributed by atoms with Crippen molar-refractivity contribution in [3.63, 3.8) is 0 Å². The van der Waals surface area contributed by atoms with Gasteiger partial charge in [-0.3, -0.25) is 4.79 Å². The van der Waals surface area contributed by atoms with Crippen LogP contribution < -0.4 is 16.0 Å². The molecule has 0 aromatic heterocycles. The van der Waals surface area contributed by atoms with Gasteiger partial charge in [-0.2, -0.15) is 0 Å². The van der Waals surface area contributed by atoms with Gasteiger partial charge in [0.15, 0.2) is 0 Å². The molecule has 0 aliphatic carbocycles. The minimum absolute atomic E-state index is 0.183. The molecule has 1 unspecified atom stereocenters. The van der Waals surface area contributed by atoms with Gasteiger partial charge in [-0.15, -0.1) is 0 Å². The SMILES string of the molecule is Cc1c(NC(=O)NCCC2CCCO2)cccc1NC(=O)c1ccccc1. The Balaban J connectivity index is 1.55. The summed E-state index contributed by atoms with van der Waals surface area (Å²) in [6, 6.07) is 14.2. The van der Waals surface area contributed by atoms with Crippen LogP contribution in [0.3, 0.4) is 0 Å². The van der Waals surface area contributed by atoms with E-state index in [0.29, 0.717) is 23.5 Å². The molecule has 0 saturated carbocycles. The summed E-state index contributed by atoms with van der Waals surface area (Å²) < 4.78 is 5.55. The summed E-state index contributed by atoms with van der Waals surface area (Å²) in [5.41, 5.74) is 2.72. The Morgan fingerprint density at radius 3 is 2.48 bits per heavy atom. The molecule has 3 rings (SSSR count). The quantitative estimate of drug-likeness (QED) is 0.723. The predicted octanol–water partition coefficient (Wildman–Crippen LogP) is 3.94. The standard InChI is InChI=1S/C21H25N3O3/c1-15-18(23-20(25)16-7-3-2-4-8-16)10-5-11-19(15)24-21(26)22-13-12-17-9-6-14-27-17/h2-5,7-8,10-11,17H,6,9,12-14H2,1H3,(H,23,25)(H2,22,24,26). The first-order valence-corrected chi connectivity index (χ1v) is 9.26. The number of hydrogen-bond acceptors (Lipinski definition) is 3. The molecule has 1 fully saturated rings. The molecule has 1 heterocycles. The van der Waals surface area contributed by atoms with E-state index in [0.717, 1.165) is 31.4 Å². The number of carbonyl (C=O) groups excluding carboxylic acids is 2. The van der Waals surface area contributed by atoms with Crippen molar-refractivity contribution in [3.05, 3.63) is 59.7 Å². The van der Waals surface area contributed by atoms with Gasteiger partial charge < -0.3 is 20.7 Å². The maximum atomic E-state index is 12.3. The van der Waals surface area contributed by atoms with E-state index in [1.165, 1.54) is 0 Å². The fraction of sp³-hybridized carbons (Fsp3) is 0.333. The van der Waals surface area contributed by atoms with Gasteiger partial charge in [0.05, 0.1) is 6.10 Å². The summed E-state index contributed by atoms with van der Waals surface area (Å²) in [6.07, 6.45) is 3.23. The molecule has 0 bridgehead atoms. The Labute approximate surface area is 159 Å². The number of hydrogen-bond donors (Lipinski definition) is 3. The van der Waals surface area contributed by atoms with E-state index in [2.05, 4.69) is 16.0 Å². The first kappa shape index (κ1) is 18.9. The number of nitrogens with one attached hydrogen (secondary N) is 3. The van der Waals surface area contributed by atoms with Crippen LogP contribution in [0.25, 0.3) is 0 Å². The molecular weight excluding hydrogens is 342 g/mol. The summed E-state index contributed by atoms with van der Waals surface area (Å²) in [6.45, 7) is 3.25. The monoisotopic (exact) mass is 367 g/mol. The van der Waals surface area contributed by atoms with Crippen LogP contribution in [0.5, 0.6) is 0 Å². The van der Waals surface area contributed by atoms with Crippen molar-refractivity contribution in [2.45, 2.75) is 32.3 Å². The minimum Gasteiger partial charge on any atom is -0.378 e.